The second-order valence-corrected chi connectivity index (χ2v) is 9.66. The van der Waals surface area contributed by atoms with E-state index in [9.17, 15) is 19.1 Å². The van der Waals surface area contributed by atoms with Gasteiger partial charge in [-0.05, 0) is 48.7 Å². The van der Waals surface area contributed by atoms with Crippen molar-refractivity contribution in [3.05, 3.63) is 53.8 Å². The summed E-state index contributed by atoms with van der Waals surface area (Å²) in [5.74, 6) is -1.86. The normalized spacial score (nSPS) is 19.0. The van der Waals surface area contributed by atoms with E-state index in [0.29, 0.717) is 24.3 Å². The summed E-state index contributed by atoms with van der Waals surface area (Å²) in [7, 11) is 0. The quantitative estimate of drug-likeness (QED) is 0.487. The fourth-order valence-electron chi connectivity index (χ4n) is 3.79. The third-order valence-electron chi connectivity index (χ3n) is 5.31. The predicted octanol–water partition coefficient (Wildman–Crippen LogP) is 5.56. The lowest BCUT2D eigenvalue weighted by Crippen LogP contribution is -2.36. The van der Waals surface area contributed by atoms with Crippen molar-refractivity contribution in [3.63, 3.8) is 0 Å². The molecule has 2 atom stereocenters. The maximum atomic E-state index is 13.3. The van der Waals surface area contributed by atoms with Crippen molar-refractivity contribution < 1.29 is 19.1 Å². The van der Waals surface area contributed by atoms with Crippen molar-refractivity contribution in [2.24, 2.45) is 11.8 Å². The minimum absolute atomic E-state index is 0.230. The van der Waals surface area contributed by atoms with Gasteiger partial charge < -0.3 is 10.4 Å². The predicted molar refractivity (Wildman–Crippen MR) is 117 cm³/mol. The van der Waals surface area contributed by atoms with E-state index in [2.05, 4.69) is 10.3 Å². The van der Waals surface area contributed by atoms with Crippen molar-refractivity contribution >= 4 is 50.9 Å². The van der Waals surface area contributed by atoms with E-state index in [0.717, 1.165) is 33.0 Å². The highest BCUT2D eigenvalue weighted by Crippen LogP contribution is 2.34. The van der Waals surface area contributed by atoms with Crippen molar-refractivity contribution in [1.82, 2.24) is 4.98 Å². The molecule has 1 amide bonds. The van der Waals surface area contributed by atoms with Gasteiger partial charge in [-0.25, -0.2) is 9.37 Å². The van der Waals surface area contributed by atoms with Gasteiger partial charge in [0.1, 0.15) is 5.82 Å². The molecule has 8 heteroatoms. The first kappa shape index (κ1) is 20.8. The van der Waals surface area contributed by atoms with Crippen LogP contribution < -0.4 is 5.32 Å². The van der Waals surface area contributed by atoms with Gasteiger partial charge in [-0.15, -0.1) is 11.3 Å². The first-order valence-corrected chi connectivity index (χ1v) is 11.6. The van der Waals surface area contributed by atoms with Crippen LogP contribution in [-0.2, 0) is 15.3 Å². The number of nitrogens with one attached hydrogen (secondary N) is 1. The highest BCUT2D eigenvalue weighted by molar-refractivity contribution is 8.00. The molecule has 0 bridgehead atoms. The highest BCUT2D eigenvalue weighted by atomic mass is 32.2. The molecule has 0 unspecified atom stereocenters. The molecule has 1 aliphatic rings. The van der Waals surface area contributed by atoms with E-state index in [4.69, 9.17) is 0 Å². The zero-order valence-corrected chi connectivity index (χ0v) is 17.8. The lowest BCUT2D eigenvalue weighted by Gasteiger charge is -2.27. The molecule has 0 spiro atoms. The Balaban J connectivity index is 1.44. The Kier molecular flexibility index (Phi) is 6.34. The van der Waals surface area contributed by atoms with Crippen molar-refractivity contribution in [1.29, 1.82) is 0 Å². The number of thioether (sulfide) groups is 1. The number of aromatic nitrogens is 1. The zero-order valence-electron chi connectivity index (χ0n) is 16.1. The Morgan fingerprint density at radius 1 is 1.17 bits per heavy atom. The first-order chi connectivity index (χ1) is 14.5. The van der Waals surface area contributed by atoms with Crippen LogP contribution in [0.1, 0.15) is 31.2 Å². The average Bonchev–Trinajstić information content (AvgIpc) is 3.14. The Hall–Kier alpha value is -2.45. The standard InChI is InChI=1S/C22H21FN2O3S2/c23-14-5-3-4-13(10-14)12-29-22-25-18-9-8-15(11-19(18)30-22)24-20(26)16-6-1-2-7-17(16)21(27)28/h3-5,8-11,16-17H,1-2,6-7,12H2,(H,24,26)(H,27,28)/t16-,17-/m0/s1. The number of hydrogen-bond donors (Lipinski definition) is 2. The number of halogens is 1. The third-order valence-corrected chi connectivity index (χ3v) is 7.54. The monoisotopic (exact) mass is 444 g/mol. The molecule has 1 saturated carbocycles. The van der Waals surface area contributed by atoms with Gasteiger partial charge in [0.2, 0.25) is 5.91 Å². The number of anilines is 1. The van der Waals surface area contributed by atoms with E-state index >= 15 is 0 Å². The third kappa shape index (κ3) is 4.82. The smallest absolute Gasteiger partial charge is 0.307 e. The van der Waals surface area contributed by atoms with Gasteiger partial charge >= 0.3 is 5.97 Å². The Labute approximate surface area is 181 Å². The summed E-state index contributed by atoms with van der Waals surface area (Å²) in [5.41, 5.74) is 2.38. The molecule has 0 aliphatic heterocycles. The zero-order chi connectivity index (χ0) is 21.1. The number of hydrogen-bond acceptors (Lipinski definition) is 5. The molecule has 1 aromatic heterocycles. The number of nitrogens with zero attached hydrogens (tertiary/aromatic N) is 1. The fourth-order valence-corrected chi connectivity index (χ4v) is 5.84. The molecular weight excluding hydrogens is 423 g/mol. The van der Waals surface area contributed by atoms with Crippen LogP contribution >= 0.6 is 23.1 Å². The lowest BCUT2D eigenvalue weighted by molar-refractivity contribution is -0.147. The van der Waals surface area contributed by atoms with E-state index in [1.807, 2.05) is 18.2 Å². The average molecular weight is 445 g/mol. The van der Waals surface area contributed by atoms with Crippen LogP contribution in [-0.4, -0.2) is 22.0 Å². The van der Waals surface area contributed by atoms with Crippen LogP contribution in [0.4, 0.5) is 10.1 Å². The molecule has 1 fully saturated rings. The van der Waals surface area contributed by atoms with E-state index in [1.54, 1.807) is 23.9 Å². The van der Waals surface area contributed by atoms with Gasteiger partial charge in [0.05, 0.1) is 22.1 Å². The number of carboxylic acids is 1. The number of carboxylic acid groups (broad SMARTS) is 1. The summed E-state index contributed by atoms with van der Waals surface area (Å²) in [6.07, 6.45) is 2.88. The summed E-state index contributed by atoms with van der Waals surface area (Å²) in [6.45, 7) is 0. The van der Waals surface area contributed by atoms with Crippen LogP contribution in [0.5, 0.6) is 0 Å². The van der Waals surface area contributed by atoms with Crippen LogP contribution in [0.15, 0.2) is 46.8 Å². The maximum absolute atomic E-state index is 13.3. The summed E-state index contributed by atoms with van der Waals surface area (Å²) < 4.78 is 15.1. The molecule has 0 radical (unpaired) electrons. The van der Waals surface area contributed by atoms with E-state index in [-0.39, 0.29) is 11.7 Å². The second kappa shape index (κ2) is 9.14. The highest BCUT2D eigenvalue weighted by Gasteiger charge is 2.35. The number of fused-ring (bicyclic) bond motifs is 1. The minimum Gasteiger partial charge on any atom is -0.481 e. The van der Waals surface area contributed by atoms with E-state index in [1.165, 1.54) is 23.5 Å². The fraction of sp³-hybridized carbons (Fsp3) is 0.318. The first-order valence-electron chi connectivity index (χ1n) is 9.81. The molecule has 2 aromatic carbocycles. The second-order valence-electron chi connectivity index (χ2n) is 7.41. The molecule has 2 N–H and O–H groups in total. The van der Waals surface area contributed by atoms with Crippen LogP contribution in [0, 0.1) is 17.7 Å². The number of amides is 1. The maximum Gasteiger partial charge on any atom is 0.307 e. The Morgan fingerprint density at radius 2 is 1.97 bits per heavy atom. The topological polar surface area (TPSA) is 79.3 Å². The number of carbonyl (C=O) groups excluding carboxylic acids is 1. The van der Waals surface area contributed by atoms with Crippen LogP contribution in [0.3, 0.4) is 0 Å². The van der Waals surface area contributed by atoms with Gasteiger partial charge in [0.25, 0.3) is 0 Å². The van der Waals surface area contributed by atoms with Gasteiger partial charge in [-0.2, -0.15) is 0 Å². The molecule has 5 nitrogen and oxygen atoms in total. The number of carbonyl (C=O) groups is 2. The SMILES string of the molecule is O=C(O)[C@H]1CCCC[C@@H]1C(=O)Nc1ccc2nc(SCc3cccc(F)c3)sc2c1. The van der Waals surface area contributed by atoms with Gasteiger partial charge in [0, 0.05) is 11.4 Å². The summed E-state index contributed by atoms with van der Waals surface area (Å²) in [6, 6.07) is 12.0. The molecule has 1 aliphatic carbocycles. The van der Waals surface area contributed by atoms with Gasteiger partial charge in [0.15, 0.2) is 4.34 Å². The molecule has 0 saturated heterocycles. The number of thiazole rings is 1. The van der Waals surface area contributed by atoms with Gasteiger partial charge in [-0.1, -0.05) is 36.7 Å². The summed E-state index contributed by atoms with van der Waals surface area (Å²) >= 11 is 3.06. The molecule has 156 valence electrons. The van der Waals surface area contributed by atoms with Crippen LogP contribution in [0.2, 0.25) is 0 Å². The molecule has 30 heavy (non-hydrogen) atoms. The van der Waals surface area contributed by atoms with Crippen LogP contribution in [0.25, 0.3) is 10.2 Å². The molecule has 3 aromatic rings. The van der Waals surface area contributed by atoms with Crippen molar-refractivity contribution in [3.8, 4) is 0 Å². The molecule has 4 rings (SSSR count). The van der Waals surface area contributed by atoms with Crippen molar-refractivity contribution in [2.75, 3.05) is 5.32 Å². The van der Waals surface area contributed by atoms with Gasteiger partial charge in [-0.3, -0.25) is 9.59 Å². The molecular formula is C22H21FN2O3S2. The minimum atomic E-state index is -0.896. The van der Waals surface area contributed by atoms with Crippen molar-refractivity contribution in [2.45, 2.75) is 35.8 Å². The number of rotatable bonds is 6. The van der Waals surface area contributed by atoms with E-state index < -0.39 is 17.8 Å². The summed E-state index contributed by atoms with van der Waals surface area (Å²) in [4.78, 5) is 28.8. The Morgan fingerprint density at radius 3 is 2.73 bits per heavy atom. The number of aliphatic carboxylic acids is 1. The lowest BCUT2D eigenvalue weighted by atomic mass is 9.78. The molecule has 1 heterocycles. The largest absolute Gasteiger partial charge is 0.481 e. The summed E-state index contributed by atoms with van der Waals surface area (Å²) in [5, 5.41) is 12.3. The number of benzene rings is 2. The Bertz CT molecular complexity index is 1090.